The number of ether oxygens (including phenoxy) is 1. The fraction of sp³-hybridized carbons (Fsp3) is 0.650. The molecule has 2 N–H and O–H groups in total. The number of nitriles is 1. The van der Waals surface area contributed by atoms with Gasteiger partial charge in [0.05, 0.1) is 30.3 Å². The maximum absolute atomic E-state index is 12.5. The molecule has 148 valence electrons. The first-order valence-electron chi connectivity index (χ1n) is 9.64. The van der Waals surface area contributed by atoms with Crippen molar-refractivity contribution in [3.8, 4) is 6.07 Å². The number of nitrogens with zero attached hydrogens (tertiary/aromatic N) is 2. The van der Waals surface area contributed by atoms with Crippen LogP contribution >= 0.6 is 0 Å². The summed E-state index contributed by atoms with van der Waals surface area (Å²) in [6.07, 6.45) is 7.59. The highest BCUT2D eigenvalue weighted by Gasteiger charge is 2.41. The lowest BCUT2D eigenvalue weighted by atomic mass is 9.85. The minimum atomic E-state index is -1.11. The summed E-state index contributed by atoms with van der Waals surface area (Å²) in [6.45, 7) is 5.40. The van der Waals surface area contributed by atoms with Gasteiger partial charge in [-0.3, -0.25) is 0 Å². The van der Waals surface area contributed by atoms with E-state index in [1.54, 1.807) is 0 Å². The number of H-pyrrole nitrogens is 1. The van der Waals surface area contributed by atoms with Gasteiger partial charge in [-0.1, -0.05) is 13.0 Å². The van der Waals surface area contributed by atoms with Crippen molar-refractivity contribution in [2.75, 3.05) is 26.0 Å². The Kier molecular flexibility index (Phi) is 6.40. The van der Waals surface area contributed by atoms with Gasteiger partial charge in [-0.25, -0.2) is 8.93 Å². The van der Waals surface area contributed by atoms with Crippen LogP contribution in [0.4, 0.5) is 0 Å². The van der Waals surface area contributed by atoms with Crippen LogP contribution in [0, 0.1) is 16.7 Å². The van der Waals surface area contributed by atoms with Gasteiger partial charge in [0.1, 0.15) is 0 Å². The molecule has 0 radical (unpaired) electrons. The highest BCUT2D eigenvalue weighted by molar-refractivity contribution is 7.83. The molecule has 1 unspecified atom stereocenters. The molecule has 1 saturated heterocycles. The van der Waals surface area contributed by atoms with Gasteiger partial charge in [0.25, 0.3) is 0 Å². The third-order valence-electron chi connectivity index (χ3n) is 5.77. The number of aromatic nitrogens is 1. The summed E-state index contributed by atoms with van der Waals surface area (Å²) in [5, 5.41) is 11.4. The lowest BCUT2D eigenvalue weighted by molar-refractivity contribution is -0.0953. The summed E-state index contributed by atoms with van der Waals surface area (Å²) < 4.78 is 20.9. The summed E-state index contributed by atoms with van der Waals surface area (Å²) >= 11 is 0. The summed E-state index contributed by atoms with van der Waals surface area (Å²) in [7, 11) is 1.03. The van der Waals surface area contributed by atoms with Crippen LogP contribution in [0.25, 0.3) is 11.8 Å². The largest absolute Gasteiger partial charge is 0.380 e. The van der Waals surface area contributed by atoms with Gasteiger partial charge in [-0.2, -0.15) is 5.26 Å². The van der Waals surface area contributed by atoms with Crippen molar-refractivity contribution in [1.82, 2.24) is 14.6 Å². The minimum Gasteiger partial charge on any atom is -0.380 e. The van der Waals surface area contributed by atoms with Gasteiger partial charge in [-0.15, -0.1) is 0 Å². The van der Waals surface area contributed by atoms with Gasteiger partial charge in [0.2, 0.25) is 0 Å². The standard InChI is InChI=1S/C20H30N4O2S/c1-4-5-19-18(6-9-22-19)15(2)24(3)17-10-16(11-17)23-27(25)14-20(7-8-21)12-26-13-20/h5-6,9,16-17,22-23H,4,7,10-14H2,1-3H3/b18-15+,19-5-. The van der Waals surface area contributed by atoms with E-state index in [1.165, 1.54) is 16.3 Å². The highest BCUT2D eigenvalue weighted by atomic mass is 32.2. The van der Waals surface area contributed by atoms with E-state index in [9.17, 15) is 4.21 Å². The zero-order valence-electron chi connectivity index (χ0n) is 16.5. The Bertz CT molecular complexity index is 831. The molecule has 0 spiro atoms. The molecule has 1 aliphatic carbocycles. The third-order valence-corrected chi connectivity index (χ3v) is 7.24. The normalized spacial score (nSPS) is 26.5. The van der Waals surface area contributed by atoms with Gasteiger partial charge in [-0.05, 0) is 32.3 Å². The number of hydrogen-bond acceptors (Lipinski definition) is 4. The molecular weight excluding hydrogens is 360 g/mol. The number of rotatable bonds is 8. The molecule has 1 aromatic rings. The van der Waals surface area contributed by atoms with E-state index < -0.39 is 11.0 Å². The average molecular weight is 391 g/mol. The van der Waals surface area contributed by atoms with E-state index in [-0.39, 0.29) is 11.5 Å². The van der Waals surface area contributed by atoms with Crippen LogP contribution in [0.3, 0.4) is 0 Å². The van der Waals surface area contributed by atoms with Crippen molar-refractivity contribution < 1.29 is 8.95 Å². The molecule has 0 amide bonds. The third kappa shape index (κ3) is 4.45. The molecule has 27 heavy (non-hydrogen) atoms. The Morgan fingerprint density at radius 1 is 1.56 bits per heavy atom. The molecule has 7 heteroatoms. The van der Waals surface area contributed by atoms with E-state index >= 15 is 0 Å². The number of hydrogen-bond donors (Lipinski definition) is 2. The van der Waals surface area contributed by atoms with Crippen LogP contribution in [-0.4, -0.2) is 52.2 Å². The Balaban J connectivity index is 1.53. The van der Waals surface area contributed by atoms with Crippen LogP contribution < -0.4 is 15.3 Å². The Morgan fingerprint density at radius 3 is 2.89 bits per heavy atom. The fourth-order valence-corrected chi connectivity index (χ4v) is 5.31. The Labute approximate surface area is 163 Å². The van der Waals surface area contributed by atoms with Gasteiger partial charge >= 0.3 is 0 Å². The molecule has 6 nitrogen and oxygen atoms in total. The Morgan fingerprint density at radius 2 is 2.30 bits per heavy atom. The highest BCUT2D eigenvalue weighted by Crippen LogP contribution is 2.33. The summed E-state index contributed by atoms with van der Waals surface area (Å²) in [6, 6.07) is 5.07. The predicted octanol–water partition coefficient (Wildman–Crippen LogP) is 0.980. The molecule has 2 aliphatic rings. The maximum atomic E-state index is 12.5. The zero-order chi connectivity index (χ0) is 19.4. The van der Waals surface area contributed by atoms with Crippen LogP contribution in [0.2, 0.25) is 0 Å². The first kappa shape index (κ1) is 20.1. The second kappa shape index (κ2) is 8.59. The zero-order valence-corrected chi connectivity index (χ0v) is 17.3. The molecule has 0 bridgehead atoms. The van der Waals surface area contributed by atoms with Crippen molar-refractivity contribution in [1.29, 1.82) is 5.26 Å². The number of aromatic amines is 1. The van der Waals surface area contributed by atoms with Crippen LogP contribution in [0.15, 0.2) is 12.3 Å². The Hall–Kier alpha value is -1.62. The molecule has 0 aromatic carbocycles. The second-order valence-corrected chi connectivity index (χ2v) is 9.09. The molecule has 2 fully saturated rings. The van der Waals surface area contributed by atoms with Crippen molar-refractivity contribution in [3.05, 3.63) is 22.8 Å². The first-order valence-corrected chi connectivity index (χ1v) is 11.0. The van der Waals surface area contributed by atoms with Crippen molar-refractivity contribution in [3.63, 3.8) is 0 Å². The summed E-state index contributed by atoms with van der Waals surface area (Å²) in [5.41, 5.74) is 1.05. The molecule has 1 atom stereocenters. The van der Waals surface area contributed by atoms with E-state index in [1.807, 2.05) is 6.20 Å². The van der Waals surface area contributed by atoms with Crippen molar-refractivity contribution >= 4 is 22.8 Å². The molecule has 2 heterocycles. The van der Waals surface area contributed by atoms with E-state index in [0.29, 0.717) is 31.4 Å². The van der Waals surface area contributed by atoms with E-state index in [4.69, 9.17) is 10.00 Å². The van der Waals surface area contributed by atoms with Crippen LogP contribution in [-0.2, 0) is 15.7 Å². The second-order valence-electron chi connectivity index (χ2n) is 7.87. The lowest BCUT2D eigenvalue weighted by Crippen LogP contribution is -2.54. The topological polar surface area (TPSA) is 81.2 Å². The first-order chi connectivity index (χ1) is 13.0. The quantitative estimate of drug-likeness (QED) is 0.693. The average Bonchev–Trinajstić information content (AvgIpc) is 3.03. The molecule has 1 aromatic heterocycles. The fourth-order valence-electron chi connectivity index (χ4n) is 3.84. The maximum Gasteiger partial charge on any atom is 0.0925 e. The molecule has 1 saturated carbocycles. The molecule has 3 rings (SSSR count). The van der Waals surface area contributed by atoms with Crippen LogP contribution in [0.5, 0.6) is 0 Å². The monoisotopic (exact) mass is 390 g/mol. The predicted molar refractivity (Wildman–Crippen MR) is 108 cm³/mol. The molecular formula is C20H30N4O2S. The summed E-state index contributed by atoms with van der Waals surface area (Å²) in [4.78, 5) is 5.65. The van der Waals surface area contributed by atoms with E-state index in [0.717, 1.165) is 19.3 Å². The van der Waals surface area contributed by atoms with E-state index in [2.05, 4.69) is 53.7 Å². The molecule has 1 aliphatic heterocycles. The smallest absolute Gasteiger partial charge is 0.0925 e. The van der Waals surface area contributed by atoms with Gasteiger partial charge in [0, 0.05) is 59.2 Å². The van der Waals surface area contributed by atoms with Gasteiger partial charge in [0.15, 0.2) is 0 Å². The van der Waals surface area contributed by atoms with Gasteiger partial charge < -0.3 is 14.6 Å². The van der Waals surface area contributed by atoms with Crippen LogP contribution in [0.1, 0.15) is 39.5 Å². The minimum absolute atomic E-state index is 0.211. The lowest BCUT2D eigenvalue weighted by Gasteiger charge is -2.44. The van der Waals surface area contributed by atoms with Crippen molar-refractivity contribution in [2.24, 2.45) is 5.41 Å². The summed E-state index contributed by atoms with van der Waals surface area (Å²) in [5.74, 6) is 0.502. The SMILES string of the molecule is CC/C=c1\[nH]cc\c1=C(\C)N(C)C1CC(NS(=O)CC2(CC#N)COC2)C1. The number of nitrogens with one attached hydrogen (secondary N) is 2. The van der Waals surface area contributed by atoms with Crippen molar-refractivity contribution in [2.45, 2.75) is 51.6 Å².